The van der Waals surface area contributed by atoms with E-state index in [2.05, 4.69) is 94.5 Å². The second kappa shape index (κ2) is 27.6. The van der Waals surface area contributed by atoms with Crippen LogP contribution in [0.25, 0.3) is 0 Å². The minimum atomic E-state index is -0.181. The molecule has 2 saturated heterocycles. The van der Waals surface area contributed by atoms with Gasteiger partial charge in [-0.25, -0.2) is 4.98 Å². The van der Waals surface area contributed by atoms with E-state index in [1.807, 2.05) is 31.2 Å². The molecule has 0 amide bonds. The van der Waals surface area contributed by atoms with Crippen molar-refractivity contribution in [3.63, 3.8) is 0 Å². The fourth-order valence-electron chi connectivity index (χ4n) is 7.59. The molecule has 0 radical (unpaired) electrons. The van der Waals surface area contributed by atoms with Gasteiger partial charge in [-0.2, -0.15) is 14.9 Å². The minimum absolute atomic E-state index is 0. The van der Waals surface area contributed by atoms with Crippen LogP contribution < -0.4 is 50.8 Å². The number of carbonyl (C=O) groups is 2. The van der Waals surface area contributed by atoms with E-state index in [9.17, 15) is 9.59 Å². The quantitative estimate of drug-likeness (QED) is 0.0261. The number of halogens is 1. The molecule has 5 aromatic rings. The number of nitrogen functional groups attached to an aromatic ring is 1. The first-order valence-electron chi connectivity index (χ1n) is 23.3. The molecule has 4 aromatic carbocycles. The van der Waals surface area contributed by atoms with Gasteiger partial charge in [0.25, 0.3) is 0 Å². The maximum Gasteiger partial charge on any atom is 0.206 e. The molecule has 1 atom stereocenters. The van der Waals surface area contributed by atoms with E-state index in [0.29, 0.717) is 80.4 Å². The van der Waals surface area contributed by atoms with Gasteiger partial charge in [-0.05, 0) is 117 Å². The molecule has 16 nitrogen and oxygen atoms in total. The zero-order valence-electron chi connectivity index (χ0n) is 40.5. The number of rotatable bonds is 10. The summed E-state index contributed by atoms with van der Waals surface area (Å²) in [6.07, 6.45) is 1.68. The van der Waals surface area contributed by atoms with Gasteiger partial charge >= 0.3 is 0 Å². The summed E-state index contributed by atoms with van der Waals surface area (Å²) >= 11 is 11.1. The van der Waals surface area contributed by atoms with E-state index in [4.69, 9.17) is 42.6 Å². The largest absolute Gasteiger partial charge is 0.490 e. The van der Waals surface area contributed by atoms with Crippen LogP contribution in [0.1, 0.15) is 45.4 Å². The monoisotopic (exact) mass is 1110 g/mol. The van der Waals surface area contributed by atoms with Crippen molar-refractivity contribution >= 4 is 117 Å². The lowest BCUT2D eigenvalue weighted by Crippen LogP contribution is -2.44. The number of aromatic nitrogens is 1. The predicted molar refractivity (Wildman–Crippen MR) is 305 cm³/mol. The molecular formula is C50H64BrN10O6PS3. The van der Waals surface area contributed by atoms with Gasteiger partial charge in [0.15, 0.2) is 44.2 Å². The van der Waals surface area contributed by atoms with Crippen LogP contribution in [-0.2, 0) is 0 Å². The van der Waals surface area contributed by atoms with Crippen molar-refractivity contribution in [1.29, 1.82) is 0 Å². The van der Waals surface area contributed by atoms with Crippen LogP contribution in [0.15, 0.2) is 89.9 Å². The second-order valence-corrected chi connectivity index (χ2v) is 19.9. The number of alkyl halides is 1. The van der Waals surface area contributed by atoms with Crippen LogP contribution in [-0.4, -0.2) is 141 Å². The van der Waals surface area contributed by atoms with Crippen LogP contribution in [0, 0.1) is 0 Å². The predicted octanol–water partition coefficient (Wildman–Crippen LogP) is 8.30. The zero-order valence-corrected chi connectivity index (χ0v) is 45.9. The Labute approximate surface area is 441 Å². The number of anilines is 6. The maximum atomic E-state index is 13.1. The first kappa shape index (κ1) is 55.1. The van der Waals surface area contributed by atoms with Crippen molar-refractivity contribution in [3.05, 3.63) is 101 Å². The van der Waals surface area contributed by atoms with Gasteiger partial charge in [-0.15, -0.1) is 0 Å². The first-order valence-corrected chi connectivity index (χ1v) is 26.6. The molecule has 4 aliphatic heterocycles. The molecular weight excluding hydrogens is 1040 g/mol. The van der Waals surface area contributed by atoms with Crippen LogP contribution in [0.3, 0.4) is 0 Å². The summed E-state index contributed by atoms with van der Waals surface area (Å²) in [5, 5.41) is 8.16. The summed E-state index contributed by atoms with van der Waals surface area (Å²) in [4.78, 5) is 42.9. The SMILES string of the molecule is CCSC(N)=NC(=S)Nc1ccc(N2CCN(C)CC2)cc1.CN1CCN(c2ccc(Nc3nc(N)c(C(=O)c4ccc5c(c4)OCCCO5)s3)cc2)CC1.O=C(CBr)c1ccc2c(c1)OCCCO2.P. The molecule has 0 saturated carbocycles. The van der Waals surface area contributed by atoms with Gasteiger partial charge < -0.3 is 60.6 Å². The summed E-state index contributed by atoms with van der Waals surface area (Å²) in [5.41, 5.74) is 17.3. The van der Waals surface area contributed by atoms with Gasteiger partial charge in [0.1, 0.15) is 10.7 Å². The highest BCUT2D eigenvalue weighted by Gasteiger charge is 2.22. The Morgan fingerprint density at radius 1 is 0.732 bits per heavy atom. The molecule has 0 aliphatic carbocycles. The molecule has 4 aliphatic rings. The van der Waals surface area contributed by atoms with Crippen LogP contribution in [0.2, 0.25) is 0 Å². The number of likely N-dealkylation sites (N-methyl/N-ethyl adjacent to an activating group) is 2. The number of thioether (sulfide) groups is 1. The number of hydrogen-bond acceptors (Lipinski definition) is 16. The number of ether oxygens (including phenoxy) is 4. The number of ketones is 2. The Balaban J connectivity index is 0.000000188. The lowest BCUT2D eigenvalue weighted by molar-refractivity contribution is 0.102. The number of nitrogens with zero attached hydrogens (tertiary/aromatic N) is 6. The number of hydrogen-bond donors (Lipinski definition) is 4. The van der Waals surface area contributed by atoms with E-state index in [1.54, 1.807) is 36.4 Å². The van der Waals surface area contributed by atoms with E-state index in [0.717, 1.165) is 88.1 Å². The second-order valence-electron chi connectivity index (χ2n) is 16.7. The maximum absolute atomic E-state index is 13.1. The smallest absolute Gasteiger partial charge is 0.206 e. The number of Topliss-reactive ketones (excluding diaryl/α,β-unsaturated/α-hetero) is 1. The lowest BCUT2D eigenvalue weighted by Gasteiger charge is -2.34. The Morgan fingerprint density at radius 2 is 1.21 bits per heavy atom. The molecule has 0 bridgehead atoms. The molecule has 0 spiro atoms. The van der Waals surface area contributed by atoms with Crippen molar-refractivity contribution in [1.82, 2.24) is 14.8 Å². The average Bonchev–Trinajstić information content (AvgIpc) is 3.51. The third-order valence-electron chi connectivity index (χ3n) is 11.5. The van der Waals surface area contributed by atoms with Gasteiger partial charge in [0.2, 0.25) is 5.78 Å². The van der Waals surface area contributed by atoms with Crippen LogP contribution >= 0.6 is 61.1 Å². The minimum Gasteiger partial charge on any atom is -0.490 e. The molecule has 21 heteroatoms. The van der Waals surface area contributed by atoms with E-state index < -0.39 is 0 Å². The fourth-order valence-corrected chi connectivity index (χ4v) is 9.51. The number of piperazine rings is 2. The van der Waals surface area contributed by atoms with Crippen LogP contribution in [0.4, 0.5) is 33.7 Å². The summed E-state index contributed by atoms with van der Waals surface area (Å²) in [6.45, 7) is 13.0. The number of amidine groups is 1. The van der Waals surface area contributed by atoms with Crippen molar-refractivity contribution in [2.75, 3.05) is 130 Å². The Morgan fingerprint density at radius 3 is 1.72 bits per heavy atom. The zero-order chi connectivity index (χ0) is 49.4. The topological polar surface area (TPSA) is 185 Å². The number of nitrogens with one attached hydrogen (secondary N) is 2. The lowest BCUT2D eigenvalue weighted by atomic mass is 10.1. The highest BCUT2D eigenvalue weighted by atomic mass is 79.9. The van der Waals surface area contributed by atoms with E-state index in [-0.39, 0.29) is 27.3 Å². The van der Waals surface area contributed by atoms with Crippen molar-refractivity contribution < 1.29 is 28.5 Å². The van der Waals surface area contributed by atoms with Gasteiger partial charge in [0, 0.05) is 99.1 Å². The number of thiocarbonyl (C=S) groups is 1. The summed E-state index contributed by atoms with van der Waals surface area (Å²) in [5.74, 6) is 3.60. The summed E-state index contributed by atoms with van der Waals surface area (Å²) in [7, 11) is 4.31. The number of benzene rings is 4. The van der Waals surface area contributed by atoms with E-state index in [1.165, 1.54) is 34.5 Å². The molecule has 6 N–H and O–H groups in total. The Hall–Kier alpha value is -5.21. The fraction of sp³-hybridized carbons (Fsp3) is 0.380. The van der Waals surface area contributed by atoms with Crippen molar-refractivity contribution in [2.45, 2.75) is 19.8 Å². The number of aliphatic imine (C=N–C) groups is 1. The molecule has 2 fully saturated rings. The molecule has 380 valence electrons. The number of carbonyl (C=O) groups excluding carboxylic acids is 2. The highest BCUT2D eigenvalue weighted by molar-refractivity contribution is 9.09. The van der Waals surface area contributed by atoms with E-state index >= 15 is 0 Å². The van der Waals surface area contributed by atoms with Gasteiger partial charge in [-0.1, -0.05) is 46.0 Å². The summed E-state index contributed by atoms with van der Waals surface area (Å²) in [6, 6.07) is 27.1. The van der Waals surface area contributed by atoms with Crippen LogP contribution in [0.5, 0.6) is 23.0 Å². The van der Waals surface area contributed by atoms with Gasteiger partial charge in [-0.3, -0.25) is 9.59 Å². The highest BCUT2D eigenvalue weighted by Crippen LogP contribution is 2.35. The molecule has 5 heterocycles. The molecule has 71 heavy (non-hydrogen) atoms. The van der Waals surface area contributed by atoms with Crippen molar-refractivity contribution in [3.8, 4) is 23.0 Å². The average molecular weight is 1110 g/mol. The number of nitrogens with two attached hydrogens (primary N) is 2. The third kappa shape index (κ3) is 16.1. The Bertz CT molecular complexity index is 2580. The molecule has 1 unspecified atom stereocenters. The third-order valence-corrected chi connectivity index (χ3v) is 13.9. The molecule has 1 aromatic heterocycles. The number of fused-ring (bicyclic) bond motifs is 2. The normalized spacial score (nSPS) is 15.8. The number of thiazole rings is 1. The summed E-state index contributed by atoms with van der Waals surface area (Å²) < 4.78 is 22.3. The van der Waals surface area contributed by atoms with Gasteiger partial charge in [0.05, 0.1) is 31.8 Å². The standard InChI is InChI=1S/C24H27N5O3S.C15H23N5S2.C11H11BrO3.H3P/c1-28-9-11-29(12-10-28)18-6-4-17(5-7-18)26-24-27-23(25)22(33-24)21(30)16-3-8-19-20(15-16)32-14-2-13-31-19;1-3-22-14(16)18-15(21)17-12-4-6-13(7-5-12)20-10-8-19(2)9-11-20;12-7-9(13)8-2-3-10-11(6-8)15-5-1-4-14-10;/h3-8,15H,2,9-14,25H2,1H3,(H,26,27);4-7H,3,8-11H2,1-2H3,(H3,16,17,18,21);2-3,6H,1,4-5,7H2;1H3. The first-order chi connectivity index (χ1) is 34.0. The Kier molecular flexibility index (Phi) is 21.4. The van der Waals surface area contributed by atoms with Crippen molar-refractivity contribution in [2.24, 2.45) is 10.7 Å². The molecule has 9 rings (SSSR count).